The highest BCUT2D eigenvalue weighted by molar-refractivity contribution is 6.33. The van der Waals surface area contributed by atoms with Gasteiger partial charge in [0.2, 0.25) is 0 Å². The first-order chi connectivity index (χ1) is 31.3. The Morgan fingerprint density at radius 3 is 1.75 bits per heavy atom. The Morgan fingerprint density at radius 2 is 0.937 bits per heavy atom. The van der Waals surface area contributed by atoms with Crippen molar-refractivity contribution in [1.82, 2.24) is 4.40 Å². The maximum absolute atomic E-state index is 6.45. The lowest BCUT2D eigenvalue weighted by Gasteiger charge is -2.27. The zero-order chi connectivity index (χ0) is 41.4. The summed E-state index contributed by atoms with van der Waals surface area (Å²) in [4.78, 5) is 2.38. The van der Waals surface area contributed by atoms with Gasteiger partial charge in [0, 0.05) is 44.7 Å². The van der Waals surface area contributed by atoms with Crippen molar-refractivity contribution in [2.24, 2.45) is 0 Å². The van der Waals surface area contributed by atoms with E-state index in [1.54, 1.807) is 0 Å². The van der Waals surface area contributed by atoms with Gasteiger partial charge in [-0.15, -0.1) is 0 Å². The van der Waals surface area contributed by atoms with Crippen molar-refractivity contribution in [2.75, 3.05) is 4.90 Å². The normalized spacial score (nSPS) is 11.8. The third-order valence-corrected chi connectivity index (χ3v) is 13.0. The Kier molecular flexibility index (Phi) is 7.91. The van der Waals surface area contributed by atoms with Crippen LogP contribution < -0.4 is 4.90 Å². The second-order valence-corrected chi connectivity index (χ2v) is 16.4. The Labute approximate surface area is 363 Å². The maximum atomic E-state index is 6.45. The number of hydrogen-bond donors (Lipinski definition) is 0. The predicted molar refractivity (Wildman–Crippen MR) is 266 cm³/mol. The van der Waals surface area contributed by atoms with E-state index in [4.69, 9.17) is 4.42 Å². The molecule has 3 heteroatoms. The summed E-state index contributed by atoms with van der Waals surface area (Å²) in [6.45, 7) is 0. The molecule has 294 valence electrons. The smallest absolute Gasteiger partial charge is 0.137 e. The maximum Gasteiger partial charge on any atom is 0.137 e. The van der Waals surface area contributed by atoms with E-state index in [2.05, 4.69) is 234 Å². The van der Waals surface area contributed by atoms with Crippen molar-refractivity contribution < 1.29 is 4.42 Å². The Morgan fingerprint density at radius 1 is 0.349 bits per heavy atom. The molecule has 13 rings (SSSR count). The van der Waals surface area contributed by atoms with Crippen molar-refractivity contribution >= 4 is 87.7 Å². The molecule has 3 nitrogen and oxygen atoms in total. The minimum absolute atomic E-state index is 0.865. The van der Waals surface area contributed by atoms with Gasteiger partial charge in [-0.05, 0) is 104 Å². The van der Waals surface area contributed by atoms with Crippen LogP contribution in [0.15, 0.2) is 235 Å². The van der Waals surface area contributed by atoms with Gasteiger partial charge < -0.3 is 13.7 Å². The Balaban J connectivity index is 1.03. The topological polar surface area (TPSA) is 20.8 Å². The molecule has 0 aliphatic carbocycles. The minimum Gasteiger partial charge on any atom is -0.456 e. The zero-order valence-electron chi connectivity index (χ0n) is 34.2. The molecule has 0 amide bonds. The molecule has 0 fully saturated rings. The number of benzene rings is 10. The first-order valence-corrected chi connectivity index (χ1v) is 21.6. The summed E-state index contributed by atoms with van der Waals surface area (Å²) in [6.07, 6.45) is 2.22. The van der Waals surface area contributed by atoms with Crippen molar-refractivity contribution in [2.45, 2.75) is 0 Å². The van der Waals surface area contributed by atoms with Crippen LogP contribution in [-0.2, 0) is 0 Å². The highest BCUT2D eigenvalue weighted by Crippen LogP contribution is 2.48. The highest BCUT2D eigenvalue weighted by Gasteiger charge is 2.23. The fourth-order valence-electron chi connectivity index (χ4n) is 10.3. The van der Waals surface area contributed by atoms with E-state index in [-0.39, 0.29) is 0 Å². The average Bonchev–Trinajstić information content (AvgIpc) is 3.92. The second-order valence-electron chi connectivity index (χ2n) is 16.4. The molecular formula is C60H38N2O. The van der Waals surface area contributed by atoms with Crippen molar-refractivity contribution in [3.8, 4) is 33.4 Å². The van der Waals surface area contributed by atoms with Gasteiger partial charge in [0.05, 0.1) is 22.1 Å². The van der Waals surface area contributed by atoms with Crippen LogP contribution in [-0.4, -0.2) is 4.40 Å². The monoisotopic (exact) mass is 802 g/mol. The SMILES string of the molecule is c1ccc(-c2c3c4c(-c5ccc(N(c6ccc(-c7cccc8ccccc78)cc6)c6cccc7oc8ccccc8c67)cc5)cccc4c4ccccc4c3n3ccccc23)cc1. The van der Waals surface area contributed by atoms with Gasteiger partial charge in [-0.25, -0.2) is 0 Å². The molecular weight excluding hydrogens is 765 g/mol. The first-order valence-electron chi connectivity index (χ1n) is 21.6. The van der Waals surface area contributed by atoms with Crippen LogP contribution in [0.4, 0.5) is 17.1 Å². The lowest BCUT2D eigenvalue weighted by Crippen LogP contribution is -2.10. The van der Waals surface area contributed by atoms with E-state index >= 15 is 0 Å². The molecule has 0 radical (unpaired) electrons. The third kappa shape index (κ3) is 5.46. The van der Waals surface area contributed by atoms with E-state index in [1.165, 1.54) is 76.6 Å². The van der Waals surface area contributed by atoms with Crippen molar-refractivity contribution in [3.63, 3.8) is 0 Å². The molecule has 63 heavy (non-hydrogen) atoms. The molecule has 10 aromatic carbocycles. The summed E-state index contributed by atoms with van der Waals surface area (Å²) >= 11 is 0. The van der Waals surface area contributed by atoms with E-state index < -0.39 is 0 Å². The second kappa shape index (κ2) is 14.1. The van der Waals surface area contributed by atoms with Crippen LogP contribution in [0.2, 0.25) is 0 Å². The summed E-state index contributed by atoms with van der Waals surface area (Å²) in [6, 6.07) is 81.2. The molecule has 0 aliphatic rings. The molecule has 0 unspecified atom stereocenters. The summed E-state index contributed by atoms with van der Waals surface area (Å²) < 4.78 is 8.84. The van der Waals surface area contributed by atoms with Crippen LogP contribution >= 0.6 is 0 Å². The molecule has 0 aliphatic heterocycles. The number of nitrogens with zero attached hydrogens (tertiary/aromatic N) is 2. The molecule has 0 bridgehead atoms. The zero-order valence-corrected chi connectivity index (χ0v) is 34.2. The van der Waals surface area contributed by atoms with E-state index in [0.29, 0.717) is 0 Å². The lowest BCUT2D eigenvalue weighted by molar-refractivity contribution is 0.669. The molecule has 3 heterocycles. The number of aromatic nitrogens is 1. The molecule has 13 aromatic rings. The van der Waals surface area contributed by atoms with Gasteiger partial charge in [0.25, 0.3) is 0 Å². The van der Waals surface area contributed by atoms with Crippen LogP contribution in [0.3, 0.4) is 0 Å². The molecule has 0 saturated carbocycles. The summed E-state index contributed by atoms with van der Waals surface area (Å²) in [5, 5.41) is 11.0. The van der Waals surface area contributed by atoms with Crippen molar-refractivity contribution in [3.05, 3.63) is 231 Å². The van der Waals surface area contributed by atoms with E-state index in [0.717, 1.165) is 44.6 Å². The van der Waals surface area contributed by atoms with Gasteiger partial charge in [0.1, 0.15) is 11.2 Å². The number of anilines is 3. The first kappa shape index (κ1) is 35.4. The standard InChI is InChI=1S/C60H38N2O/c1-2-16-42(17-3-1)56-52-26-10-11-38-61(52)60-50-21-7-6-20-48(50)49-25-13-24-47(57(49)59(56)60)41-32-36-44(37-33-41)62(53-27-14-29-55-58(53)51-22-8-9-28-54(51)63-55)43-34-30-40(31-35-43)46-23-12-18-39-15-4-5-19-45(39)46/h1-38H. The molecule has 0 saturated heterocycles. The molecule has 0 atom stereocenters. The number of para-hydroxylation sites is 1. The number of rotatable bonds is 6. The van der Waals surface area contributed by atoms with Gasteiger partial charge in [-0.1, -0.05) is 170 Å². The van der Waals surface area contributed by atoms with Gasteiger partial charge in [-0.3, -0.25) is 0 Å². The van der Waals surface area contributed by atoms with E-state index in [9.17, 15) is 0 Å². The summed E-state index contributed by atoms with van der Waals surface area (Å²) in [7, 11) is 0. The van der Waals surface area contributed by atoms with Crippen LogP contribution in [0, 0.1) is 0 Å². The van der Waals surface area contributed by atoms with Crippen LogP contribution in [0.25, 0.3) is 104 Å². The summed E-state index contributed by atoms with van der Waals surface area (Å²) in [5.74, 6) is 0. The van der Waals surface area contributed by atoms with Crippen LogP contribution in [0.5, 0.6) is 0 Å². The fourth-order valence-corrected chi connectivity index (χ4v) is 10.3. The third-order valence-electron chi connectivity index (χ3n) is 13.0. The lowest BCUT2D eigenvalue weighted by atomic mass is 9.89. The largest absolute Gasteiger partial charge is 0.456 e. The Hall–Kier alpha value is -8.40. The fraction of sp³-hybridized carbons (Fsp3) is 0. The van der Waals surface area contributed by atoms with Gasteiger partial charge in [-0.2, -0.15) is 0 Å². The molecule has 0 spiro atoms. The number of fused-ring (bicyclic) bond motifs is 12. The highest BCUT2D eigenvalue weighted by atomic mass is 16.3. The van der Waals surface area contributed by atoms with Crippen LogP contribution in [0.1, 0.15) is 0 Å². The number of pyridine rings is 1. The number of hydrogen-bond acceptors (Lipinski definition) is 2. The van der Waals surface area contributed by atoms with Gasteiger partial charge in [0.15, 0.2) is 0 Å². The van der Waals surface area contributed by atoms with Gasteiger partial charge >= 0.3 is 0 Å². The van der Waals surface area contributed by atoms with Crippen molar-refractivity contribution in [1.29, 1.82) is 0 Å². The number of furan rings is 1. The predicted octanol–water partition coefficient (Wildman–Crippen LogP) is 16.9. The Bertz CT molecular complexity index is 3890. The average molecular weight is 803 g/mol. The van der Waals surface area contributed by atoms with E-state index in [1.807, 2.05) is 6.07 Å². The summed E-state index contributed by atoms with van der Waals surface area (Å²) in [5.41, 5.74) is 14.6. The molecule has 3 aromatic heterocycles. The quantitative estimate of drug-likeness (QED) is 0.156. The molecule has 0 N–H and O–H groups in total. The minimum atomic E-state index is 0.865.